The lowest BCUT2D eigenvalue weighted by atomic mass is 10.1. The van der Waals surface area contributed by atoms with Gasteiger partial charge in [0.05, 0.1) is 10.7 Å². The molecular formula is C15H16ClN. The van der Waals surface area contributed by atoms with E-state index < -0.39 is 0 Å². The molecule has 0 unspecified atom stereocenters. The monoisotopic (exact) mass is 245 g/mol. The summed E-state index contributed by atoms with van der Waals surface area (Å²) in [4.78, 5) is 0. The van der Waals surface area contributed by atoms with Gasteiger partial charge in [-0.25, -0.2) is 0 Å². The van der Waals surface area contributed by atoms with E-state index in [1.165, 1.54) is 0 Å². The maximum Gasteiger partial charge on any atom is 0.0676 e. The Balaban J connectivity index is 2.68. The maximum atomic E-state index is 6.34. The zero-order chi connectivity index (χ0) is 12.4. The number of rotatable bonds is 3. The third kappa shape index (κ3) is 2.16. The minimum atomic E-state index is 0.353. The fourth-order valence-electron chi connectivity index (χ4n) is 2.10. The summed E-state index contributed by atoms with van der Waals surface area (Å²) in [6.45, 7) is 8.14. The first-order valence-electron chi connectivity index (χ1n) is 5.73. The molecule has 0 N–H and O–H groups in total. The Kier molecular flexibility index (Phi) is 3.39. The summed E-state index contributed by atoms with van der Waals surface area (Å²) in [6, 6.07) is 12.5. The van der Waals surface area contributed by atoms with Crippen molar-refractivity contribution in [2.24, 2.45) is 0 Å². The van der Waals surface area contributed by atoms with Crippen molar-refractivity contribution >= 4 is 17.7 Å². The molecular weight excluding hydrogens is 230 g/mol. The Morgan fingerprint density at radius 1 is 1.24 bits per heavy atom. The van der Waals surface area contributed by atoms with Gasteiger partial charge in [-0.2, -0.15) is 0 Å². The minimum Gasteiger partial charge on any atom is -0.337 e. The van der Waals surface area contributed by atoms with Crippen LogP contribution in [0.1, 0.15) is 25.6 Å². The molecule has 1 aromatic heterocycles. The van der Waals surface area contributed by atoms with Crippen LogP contribution in [0.5, 0.6) is 0 Å². The van der Waals surface area contributed by atoms with Crippen molar-refractivity contribution in [3.8, 4) is 11.3 Å². The highest BCUT2D eigenvalue weighted by atomic mass is 35.5. The quantitative estimate of drug-likeness (QED) is 0.715. The molecule has 1 heterocycles. The number of hydrogen-bond donors (Lipinski definition) is 0. The van der Waals surface area contributed by atoms with Crippen LogP contribution in [0.15, 0.2) is 43.0 Å². The standard InChI is InChI=1S/C15H16ClN/c1-4-13-10-14(16)15(17(13)11(2)3)12-8-6-5-7-9-12/h4-11H,1H2,2-3H3. The van der Waals surface area contributed by atoms with Gasteiger partial charge in [-0.1, -0.05) is 48.5 Å². The summed E-state index contributed by atoms with van der Waals surface area (Å²) >= 11 is 6.34. The summed E-state index contributed by atoms with van der Waals surface area (Å²) in [5, 5.41) is 0.778. The summed E-state index contributed by atoms with van der Waals surface area (Å²) < 4.78 is 2.21. The normalized spacial score (nSPS) is 10.8. The lowest BCUT2D eigenvalue weighted by molar-refractivity contribution is 0.605. The molecule has 0 atom stereocenters. The van der Waals surface area contributed by atoms with Crippen LogP contribution < -0.4 is 0 Å². The van der Waals surface area contributed by atoms with Gasteiger partial charge in [-0.05, 0) is 31.6 Å². The zero-order valence-electron chi connectivity index (χ0n) is 10.2. The van der Waals surface area contributed by atoms with E-state index in [0.717, 1.165) is 22.0 Å². The highest BCUT2D eigenvalue weighted by Crippen LogP contribution is 2.34. The molecule has 0 aliphatic carbocycles. The molecule has 1 nitrogen and oxygen atoms in total. The number of hydrogen-bond acceptors (Lipinski definition) is 0. The highest BCUT2D eigenvalue weighted by molar-refractivity contribution is 6.33. The molecule has 2 heteroatoms. The maximum absolute atomic E-state index is 6.34. The first kappa shape index (κ1) is 12.0. The van der Waals surface area contributed by atoms with Gasteiger partial charge in [-0.3, -0.25) is 0 Å². The topological polar surface area (TPSA) is 4.93 Å². The van der Waals surface area contributed by atoms with Gasteiger partial charge in [0, 0.05) is 11.7 Å². The molecule has 2 aromatic rings. The van der Waals surface area contributed by atoms with Crippen molar-refractivity contribution in [3.05, 3.63) is 53.7 Å². The van der Waals surface area contributed by atoms with Gasteiger partial charge < -0.3 is 4.57 Å². The van der Waals surface area contributed by atoms with Crippen LogP contribution in [0, 0.1) is 0 Å². The Morgan fingerprint density at radius 2 is 1.88 bits per heavy atom. The summed E-state index contributed by atoms with van der Waals surface area (Å²) in [5.41, 5.74) is 3.26. The third-order valence-electron chi connectivity index (χ3n) is 2.79. The molecule has 17 heavy (non-hydrogen) atoms. The van der Waals surface area contributed by atoms with Crippen molar-refractivity contribution in [3.63, 3.8) is 0 Å². The van der Waals surface area contributed by atoms with Gasteiger partial charge in [0.15, 0.2) is 0 Å². The van der Waals surface area contributed by atoms with E-state index in [0.29, 0.717) is 6.04 Å². The van der Waals surface area contributed by atoms with E-state index in [2.05, 4.69) is 37.1 Å². The number of aromatic nitrogens is 1. The zero-order valence-corrected chi connectivity index (χ0v) is 10.9. The number of nitrogens with zero attached hydrogens (tertiary/aromatic N) is 1. The molecule has 0 radical (unpaired) electrons. The molecule has 0 saturated heterocycles. The van der Waals surface area contributed by atoms with Gasteiger partial charge >= 0.3 is 0 Å². The first-order valence-corrected chi connectivity index (χ1v) is 6.11. The molecule has 0 amide bonds. The predicted molar refractivity (Wildman–Crippen MR) is 75.4 cm³/mol. The molecule has 1 aromatic carbocycles. The lowest BCUT2D eigenvalue weighted by Gasteiger charge is -2.16. The summed E-state index contributed by atoms with van der Waals surface area (Å²) in [5.74, 6) is 0. The Morgan fingerprint density at radius 3 is 2.41 bits per heavy atom. The van der Waals surface area contributed by atoms with Crippen molar-refractivity contribution in [1.82, 2.24) is 4.57 Å². The van der Waals surface area contributed by atoms with Crippen LogP contribution in [-0.2, 0) is 0 Å². The van der Waals surface area contributed by atoms with E-state index in [4.69, 9.17) is 11.6 Å². The van der Waals surface area contributed by atoms with Crippen LogP contribution in [0.2, 0.25) is 5.02 Å². The smallest absolute Gasteiger partial charge is 0.0676 e. The van der Waals surface area contributed by atoms with Gasteiger partial charge in [0.25, 0.3) is 0 Å². The Bertz CT molecular complexity index is 523. The molecule has 0 aliphatic rings. The van der Waals surface area contributed by atoms with E-state index in [9.17, 15) is 0 Å². The van der Waals surface area contributed by atoms with Crippen LogP contribution in [0.4, 0.5) is 0 Å². The SMILES string of the molecule is C=Cc1cc(Cl)c(-c2ccccc2)n1C(C)C. The average Bonchev–Trinajstić information content (AvgIpc) is 2.67. The van der Waals surface area contributed by atoms with E-state index in [-0.39, 0.29) is 0 Å². The van der Waals surface area contributed by atoms with Crippen LogP contribution in [0.3, 0.4) is 0 Å². The van der Waals surface area contributed by atoms with Gasteiger partial charge in [-0.15, -0.1) is 0 Å². The molecule has 2 rings (SSSR count). The Hall–Kier alpha value is -1.47. The molecule has 0 bridgehead atoms. The van der Waals surface area contributed by atoms with E-state index in [1.54, 1.807) is 0 Å². The van der Waals surface area contributed by atoms with Crippen molar-refractivity contribution in [1.29, 1.82) is 0 Å². The van der Waals surface area contributed by atoms with Crippen LogP contribution >= 0.6 is 11.6 Å². The van der Waals surface area contributed by atoms with Crippen LogP contribution in [-0.4, -0.2) is 4.57 Å². The highest BCUT2D eigenvalue weighted by Gasteiger charge is 2.15. The largest absolute Gasteiger partial charge is 0.337 e. The molecule has 88 valence electrons. The minimum absolute atomic E-state index is 0.353. The van der Waals surface area contributed by atoms with Gasteiger partial charge in [0.1, 0.15) is 0 Å². The summed E-state index contributed by atoms with van der Waals surface area (Å²) in [7, 11) is 0. The fourth-order valence-corrected chi connectivity index (χ4v) is 2.41. The van der Waals surface area contributed by atoms with Gasteiger partial charge in [0.2, 0.25) is 0 Å². The molecule has 0 saturated carbocycles. The first-order chi connectivity index (χ1) is 8.15. The van der Waals surface area contributed by atoms with Crippen molar-refractivity contribution < 1.29 is 0 Å². The average molecular weight is 246 g/mol. The number of benzene rings is 1. The van der Waals surface area contributed by atoms with Crippen molar-refractivity contribution in [2.75, 3.05) is 0 Å². The fraction of sp³-hybridized carbons (Fsp3) is 0.200. The third-order valence-corrected chi connectivity index (χ3v) is 3.08. The van der Waals surface area contributed by atoms with Crippen LogP contribution in [0.25, 0.3) is 17.3 Å². The summed E-state index contributed by atoms with van der Waals surface area (Å²) in [6.07, 6.45) is 1.85. The predicted octanol–water partition coefficient (Wildman–Crippen LogP) is 5.03. The number of halogens is 1. The second-order valence-electron chi connectivity index (χ2n) is 4.30. The van der Waals surface area contributed by atoms with Crippen molar-refractivity contribution in [2.45, 2.75) is 19.9 Å². The molecule has 0 aliphatic heterocycles. The molecule has 0 spiro atoms. The second-order valence-corrected chi connectivity index (χ2v) is 4.71. The van der Waals surface area contributed by atoms with E-state index >= 15 is 0 Å². The lowest BCUT2D eigenvalue weighted by Crippen LogP contribution is -2.04. The second kappa shape index (κ2) is 4.80. The Labute approximate surface area is 107 Å². The molecule has 0 fully saturated rings. The van der Waals surface area contributed by atoms with E-state index in [1.807, 2.05) is 30.3 Å².